The molecule has 110 valence electrons. The number of benzene rings is 2. The van der Waals surface area contributed by atoms with Crippen molar-refractivity contribution in [2.75, 3.05) is 0 Å². The molecule has 0 spiro atoms. The third-order valence-corrected chi connectivity index (χ3v) is 4.26. The van der Waals surface area contributed by atoms with Crippen LogP contribution in [0, 0.1) is 0 Å². The predicted octanol–water partition coefficient (Wildman–Crippen LogP) is 6.09. The van der Waals surface area contributed by atoms with Crippen molar-refractivity contribution < 1.29 is 26.3 Å². The first kappa shape index (κ1) is 14.2. The van der Waals surface area contributed by atoms with E-state index in [0.29, 0.717) is 20.2 Å². The van der Waals surface area contributed by atoms with Crippen molar-refractivity contribution in [1.82, 2.24) is 0 Å². The zero-order valence-corrected chi connectivity index (χ0v) is 11.0. The van der Waals surface area contributed by atoms with E-state index in [1.807, 2.05) is 0 Å². The normalized spacial score (nSPS) is 13.2. The second-order valence-corrected chi connectivity index (χ2v) is 5.60. The van der Waals surface area contributed by atoms with Gasteiger partial charge in [0.25, 0.3) is 0 Å². The van der Waals surface area contributed by atoms with Gasteiger partial charge in [-0.3, -0.25) is 0 Å². The SMILES string of the molecule is FC(F)(F)c1ccc2c(c1)sc1ccc(C(F)(F)F)cc12. The summed E-state index contributed by atoms with van der Waals surface area (Å²) in [6.45, 7) is 0. The molecule has 0 unspecified atom stereocenters. The number of rotatable bonds is 0. The van der Waals surface area contributed by atoms with Crippen LogP contribution in [0.5, 0.6) is 0 Å². The number of hydrogen-bond acceptors (Lipinski definition) is 1. The predicted molar refractivity (Wildman–Crippen MR) is 69.3 cm³/mol. The molecule has 1 aromatic heterocycles. The standard InChI is InChI=1S/C14H6F6S/c15-13(16,17)7-2-4-11-10(5-7)9-3-1-8(14(18,19)20)6-12(9)21-11/h1-6H. The van der Waals surface area contributed by atoms with Crippen LogP contribution in [0.2, 0.25) is 0 Å². The summed E-state index contributed by atoms with van der Waals surface area (Å²) in [5, 5.41) is 0.715. The van der Waals surface area contributed by atoms with E-state index in [1.54, 1.807) is 0 Å². The van der Waals surface area contributed by atoms with Gasteiger partial charge >= 0.3 is 12.4 Å². The minimum atomic E-state index is -4.48. The molecule has 0 aliphatic heterocycles. The van der Waals surface area contributed by atoms with Gasteiger partial charge in [-0.1, -0.05) is 6.07 Å². The van der Waals surface area contributed by atoms with Crippen LogP contribution < -0.4 is 0 Å². The maximum absolute atomic E-state index is 12.7. The molecule has 2 aromatic carbocycles. The first-order valence-electron chi connectivity index (χ1n) is 5.77. The molecule has 0 radical (unpaired) electrons. The molecule has 0 amide bonds. The molecule has 0 aliphatic rings. The third-order valence-electron chi connectivity index (χ3n) is 3.13. The van der Waals surface area contributed by atoms with Crippen molar-refractivity contribution in [3.8, 4) is 0 Å². The highest BCUT2D eigenvalue weighted by Crippen LogP contribution is 2.40. The van der Waals surface area contributed by atoms with Crippen molar-refractivity contribution in [3.05, 3.63) is 47.5 Å². The molecule has 0 saturated carbocycles. The molecular formula is C14H6F6S. The van der Waals surface area contributed by atoms with Crippen LogP contribution in [0.15, 0.2) is 36.4 Å². The molecule has 0 fully saturated rings. The zero-order chi connectivity index (χ0) is 15.4. The van der Waals surface area contributed by atoms with Gasteiger partial charge in [0.2, 0.25) is 0 Å². The summed E-state index contributed by atoms with van der Waals surface area (Å²) in [6.07, 6.45) is -8.95. The molecule has 0 saturated heterocycles. The summed E-state index contributed by atoms with van der Waals surface area (Å²) in [5.74, 6) is 0. The number of thiophene rings is 1. The van der Waals surface area contributed by atoms with Gasteiger partial charge in [0.1, 0.15) is 0 Å². The summed E-state index contributed by atoms with van der Waals surface area (Å²) in [6, 6.07) is 6.26. The summed E-state index contributed by atoms with van der Waals surface area (Å²) in [5.41, 5.74) is -1.62. The average Bonchev–Trinajstić information content (AvgIpc) is 2.73. The van der Waals surface area contributed by atoms with Crippen molar-refractivity contribution in [1.29, 1.82) is 0 Å². The monoisotopic (exact) mass is 320 g/mol. The van der Waals surface area contributed by atoms with Gasteiger partial charge in [-0.2, -0.15) is 26.3 Å². The van der Waals surface area contributed by atoms with Crippen LogP contribution in [0.1, 0.15) is 11.1 Å². The first-order chi connectivity index (χ1) is 9.66. The van der Waals surface area contributed by atoms with Crippen molar-refractivity contribution in [2.24, 2.45) is 0 Å². The lowest BCUT2D eigenvalue weighted by Crippen LogP contribution is -2.04. The lowest BCUT2D eigenvalue weighted by atomic mass is 10.1. The van der Waals surface area contributed by atoms with Crippen molar-refractivity contribution >= 4 is 31.5 Å². The van der Waals surface area contributed by atoms with E-state index in [9.17, 15) is 26.3 Å². The van der Waals surface area contributed by atoms with Crippen molar-refractivity contribution in [3.63, 3.8) is 0 Å². The van der Waals surface area contributed by atoms with Gasteiger partial charge in [0.05, 0.1) is 11.1 Å². The van der Waals surface area contributed by atoms with Crippen LogP contribution in [0.3, 0.4) is 0 Å². The highest BCUT2D eigenvalue weighted by molar-refractivity contribution is 7.25. The molecule has 0 aliphatic carbocycles. The topological polar surface area (TPSA) is 0 Å². The highest BCUT2D eigenvalue weighted by atomic mass is 32.1. The Morgan fingerprint density at radius 3 is 1.81 bits per heavy atom. The Hall–Kier alpha value is -1.76. The van der Waals surface area contributed by atoms with Crippen LogP contribution in [-0.4, -0.2) is 0 Å². The van der Waals surface area contributed by atoms with Gasteiger partial charge in [-0.05, 0) is 30.3 Å². The molecule has 0 bridgehead atoms. The number of fused-ring (bicyclic) bond motifs is 3. The summed E-state index contributed by atoms with van der Waals surface area (Å²) in [4.78, 5) is 0. The van der Waals surface area contributed by atoms with Gasteiger partial charge in [-0.15, -0.1) is 11.3 Å². The van der Waals surface area contributed by atoms with E-state index < -0.39 is 23.5 Å². The van der Waals surface area contributed by atoms with E-state index >= 15 is 0 Å². The molecule has 1 heterocycles. The molecule has 0 N–H and O–H groups in total. The molecule has 3 aromatic rings. The largest absolute Gasteiger partial charge is 0.416 e. The molecule has 21 heavy (non-hydrogen) atoms. The smallest absolute Gasteiger partial charge is 0.166 e. The molecule has 7 heteroatoms. The van der Waals surface area contributed by atoms with Gasteiger partial charge in [0, 0.05) is 20.2 Å². The van der Waals surface area contributed by atoms with Crippen LogP contribution >= 0.6 is 11.3 Å². The van der Waals surface area contributed by atoms with Gasteiger partial charge in [-0.25, -0.2) is 0 Å². The molecule has 3 rings (SSSR count). The highest BCUT2D eigenvalue weighted by Gasteiger charge is 2.32. The first-order valence-corrected chi connectivity index (χ1v) is 6.58. The van der Waals surface area contributed by atoms with Gasteiger partial charge in [0.15, 0.2) is 0 Å². The minimum Gasteiger partial charge on any atom is -0.166 e. The Balaban J connectivity index is 2.26. The van der Waals surface area contributed by atoms with Gasteiger partial charge < -0.3 is 0 Å². The van der Waals surface area contributed by atoms with Crippen LogP contribution in [0.25, 0.3) is 20.2 Å². The van der Waals surface area contributed by atoms with Crippen LogP contribution in [-0.2, 0) is 12.4 Å². The Labute approximate surface area is 118 Å². The Morgan fingerprint density at radius 1 is 0.619 bits per heavy atom. The van der Waals surface area contributed by atoms with E-state index in [-0.39, 0.29) is 0 Å². The molecule has 0 nitrogen and oxygen atoms in total. The summed E-state index contributed by atoms with van der Waals surface area (Å²) >= 11 is 1.04. The fourth-order valence-electron chi connectivity index (χ4n) is 2.13. The van der Waals surface area contributed by atoms with Crippen molar-refractivity contribution in [2.45, 2.75) is 12.4 Å². The average molecular weight is 320 g/mol. The lowest BCUT2D eigenvalue weighted by molar-refractivity contribution is -0.138. The maximum atomic E-state index is 12.7. The fourth-order valence-corrected chi connectivity index (χ4v) is 3.26. The third kappa shape index (κ3) is 2.46. The summed E-state index contributed by atoms with van der Waals surface area (Å²) < 4.78 is 76.9. The number of halogens is 6. The second kappa shape index (κ2) is 4.37. The number of alkyl halides is 6. The van der Waals surface area contributed by atoms with Crippen LogP contribution in [0.4, 0.5) is 26.3 Å². The van der Waals surface area contributed by atoms with E-state index in [2.05, 4.69) is 0 Å². The number of hydrogen-bond donors (Lipinski definition) is 0. The maximum Gasteiger partial charge on any atom is 0.416 e. The van der Waals surface area contributed by atoms with E-state index in [0.717, 1.165) is 35.6 Å². The minimum absolute atomic E-state index is 0.318. The van der Waals surface area contributed by atoms with E-state index in [4.69, 9.17) is 0 Å². The quantitative estimate of drug-likeness (QED) is 0.440. The zero-order valence-electron chi connectivity index (χ0n) is 10.1. The molecular weight excluding hydrogens is 314 g/mol. The Morgan fingerprint density at radius 2 is 1.19 bits per heavy atom. The van der Waals surface area contributed by atoms with E-state index in [1.165, 1.54) is 12.1 Å². The Kier molecular flexibility index (Phi) is 2.95. The molecule has 0 atom stereocenters. The Bertz CT molecular complexity index is 825. The summed E-state index contributed by atoms with van der Waals surface area (Å²) in [7, 11) is 0. The fraction of sp³-hybridized carbons (Fsp3) is 0.143. The lowest BCUT2D eigenvalue weighted by Gasteiger charge is -2.06. The second-order valence-electron chi connectivity index (χ2n) is 4.52.